The Morgan fingerprint density at radius 2 is 1.65 bits per heavy atom. The highest BCUT2D eigenvalue weighted by atomic mass is 79.9. The van der Waals surface area contributed by atoms with Crippen LogP contribution in [0.3, 0.4) is 0 Å². The van der Waals surface area contributed by atoms with Crippen LogP contribution in [0.1, 0.15) is 49.0 Å². The van der Waals surface area contributed by atoms with Crippen molar-refractivity contribution in [1.29, 1.82) is 0 Å². The van der Waals surface area contributed by atoms with E-state index >= 15 is 9.59 Å². The van der Waals surface area contributed by atoms with Gasteiger partial charge in [-0.05, 0) is 42.9 Å². The number of hydrogen-bond acceptors (Lipinski definition) is 7. The number of nitrogens with one attached hydrogen (secondary N) is 1. The summed E-state index contributed by atoms with van der Waals surface area (Å²) in [7, 11) is 0. The Hall–Kier alpha value is -4.58. The Balaban J connectivity index is 1.38. The first-order valence-corrected chi connectivity index (χ1v) is 19.4. The number of aliphatic hydroxyl groups is 1. The summed E-state index contributed by atoms with van der Waals surface area (Å²) in [6.45, 7) is 9.42. The van der Waals surface area contributed by atoms with Crippen molar-refractivity contribution in [3.05, 3.63) is 133 Å². The Bertz CT molecular complexity index is 1810. The van der Waals surface area contributed by atoms with Gasteiger partial charge in [-0.15, -0.1) is 13.2 Å². The highest BCUT2D eigenvalue weighted by Gasteiger charge is 2.77. The van der Waals surface area contributed by atoms with Gasteiger partial charge in [0.1, 0.15) is 17.7 Å². The third-order valence-electron chi connectivity index (χ3n) is 10.8. The van der Waals surface area contributed by atoms with Crippen LogP contribution in [-0.2, 0) is 41.6 Å². The zero-order valence-corrected chi connectivity index (χ0v) is 32.1. The molecule has 3 fully saturated rings. The molecule has 0 radical (unpaired) electrons. The largest absolute Gasteiger partial charge is 0.455 e. The number of benzene rings is 3. The van der Waals surface area contributed by atoms with E-state index in [2.05, 4.69) is 34.4 Å². The van der Waals surface area contributed by atoms with E-state index in [4.69, 9.17) is 9.47 Å². The SMILES string of the molecule is C=CCCC(=O)N[C@H](C)[C@@H](OC(=O)[C@H]1[C@@H]2O[C@@]3(CC2Br)[C@@H]1C(=O)N([C@@H](CO)Cc1ccccc1)[C@@H]3C(=O)N(CC=C)Cc1ccccc1)c1ccccc1. The van der Waals surface area contributed by atoms with Crippen molar-refractivity contribution in [2.24, 2.45) is 11.8 Å². The van der Waals surface area contributed by atoms with Crippen LogP contribution in [0.5, 0.6) is 0 Å². The topological polar surface area (TPSA) is 125 Å². The second-order valence-electron chi connectivity index (χ2n) is 14.4. The molecule has 284 valence electrons. The van der Waals surface area contributed by atoms with E-state index in [1.54, 1.807) is 24.0 Å². The predicted molar refractivity (Wildman–Crippen MR) is 208 cm³/mol. The quantitative estimate of drug-likeness (QED) is 0.108. The number of halogens is 1. The lowest BCUT2D eigenvalue weighted by molar-refractivity contribution is -0.162. The van der Waals surface area contributed by atoms with Crippen LogP contribution in [0.15, 0.2) is 116 Å². The zero-order chi connectivity index (χ0) is 38.4. The van der Waals surface area contributed by atoms with Gasteiger partial charge in [0, 0.05) is 24.3 Å². The molecule has 1 unspecified atom stereocenters. The number of likely N-dealkylation sites (tertiary alicyclic amines) is 1. The lowest BCUT2D eigenvalue weighted by atomic mass is 9.70. The van der Waals surface area contributed by atoms with E-state index < -0.39 is 66.3 Å². The number of allylic oxidation sites excluding steroid dienone is 1. The summed E-state index contributed by atoms with van der Waals surface area (Å²) in [6, 6.07) is 25.7. The van der Waals surface area contributed by atoms with Crippen molar-refractivity contribution >= 4 is 39.6 Å². The molecule has 11 heteroatoms. The second-order valence-corrected chi connectivity index (χ2v) is 15.6. The van der Waals surface area contributed by atoms with E-state index in [9.17, 15) is 14.7 Å². The summed E-state index contributed by atoms with van der Waals surface area (Å²) in [5.74, 6) is -3.78. The second kappa shape index (κ2) is 17.3. The molecule has 2 bridgehead atoms. The maximum Gasteiger partial charge on any atom is 0.313 e. The van der Waals surface area contributed by atoms with Crippen LogP contribution < -0.4 is 5.32 Å². The number of rotatable bonds is 17. The van der Waals surface area contributed by atoms with Gasteiger partial charge in [-0.3, -0.25) is 19.2 Å². The molecule has 3 aromatic carbocycles. The van der Waals surface area contributed by atoms with E-state index in [0.717, 1.165) is 11.1 Å². The number of alkyl halides is 1. The van der Waals surface area contributed by atoms with Crippen molar-refractivity contribution in [2.75, 3.05) is 13.2 Å². The van der Waals surface area contributed by atoms with Crippen LogP contribution in [0.25, 0.3) is 0 Å². The fourth-order valence-electron chi connectivity index (χ4n) is 8.45. The standard InChI is InChI=1S/C43H48BrN3O7/c1-4-6-22-34(49)45-28(3)37(31-20-14-9-15-21-31)53-42(52)35-36-40(50)47(32(27-48)24-29-16-10-7-11-17-29)39(43(36)25-33(44)38(35)54-43)41(51)46(23-5-2)26-30-18-12-8-13-19-30/h4-5,7-21,28,32-33,35-39,48H,1-2,6,22-27H2,3H3,(H,45,49)/t28-,32-,33?,35-,36+,37-,38-,39-,43+/m1/s1. The first-order chi connectivity index (χ1) is 26.1. The van der Waals surface area contributed by atoms with E-state index in [-0.39, 0.29) is 42.6 Å². The summed E-state index contributed by atoms with van der Waals surface area (Å²) < 4.78 is 13.1. The van der Waals surface area contributed by atoms with Gasteiger partial charge in [0.25, 0.3) is 0 Å². The van der Waals surface area contributed by atoms with Crippen LogP contribution in [-0.4, -0.2) is 86.4 Å². The number of ether oxygens (including phenoxy) is 2. The average molecular weight is 799 g/mol. The van der Waals surface area contributed by atoms with Gasteiger partial charge in [0.15, 0.2) is 0 Å². The van der Waals surface area contributed by atoms with E-state index in [1.807, 2.05) is 91.0 Å². The van der Waals surface area contributed by atoms with Gasteiger partial charge in [0.05, 0.1) is 36.6 Å². The molecule has 10 nitrogen and oxygen atoms in total. The molecule has 1 spiro atoms. The molecule has 54 heavy (non-hydrogen) atoms. The molecule has 3 aliphatic heterocycles. The number of aliphatic hydroxyl groups excluding tert-OH is 1. The maximum absolute atomic E-state index is 15.1. The molecule has 3 heterocycles. The number of carbonyl (C=O) groups excluding carboxylic acids is 4. The first kappa shape index (κ1) is 39.1. The molecule has 3 aromatic rings. The lowest BCUT2D eigenvalue weighted by Gasteiger charge is -2.39. The third-order valence-corrected chi connectivity index (χ3v) is 11.7. The third kappa shape index (κ3) is 7.80. The number of hydrogen-bond donors (Lipinski definition) is 2. The Morgan fingerprint density at radius 3 is 2.26 bits per heavy atom. The zero-order valence-electron chi connectivity index (χ0n) is 30.5. The molecule has 2 N–H and O–H groups in total. The summed E-state index contributed by atoms with van der Waals surface area (Å²) in [5.41, 5.74) is 1.07. The smallest absolute Gasteiger partial charge is 0.313 e. The average Bonchev–Trinajstić information content (AvgIpc) is 3.78. The van der Waals surface area contributed by atoms with Crippen molar-refractivity contribution in [2.45, 2.75) is 79.9 Å². The van der Waals surface area contributed by atoms with Gasteiger partial charge < -0.3 is 29.7 Å². The van der Waals surface area contributed by atoms with Crippen molar-refractivity contribution in [3.8, 4) is 0 Å². The van der Waals surface area contributed by atoms with Crippen molar-refractivity contribution in [1.82, 2.24) is 15.1 Å². The minimum absolute atomic E-state index is 0.206. The first-order valence-electron chi connectivity index (χ1n) is 18.5. The van der Waals surface area contributed by atoms with Crippen molar-refractivity contribution < 1.29 is 33.8 Å². The van der Waals surface area contributed by atoms with Gasteiger partial charge in [-0.25, -0.2) is 0 Å². The van der Waals surface area contributed by atoms with Crippen molar-refractivity contribution in [3.63, 3.8) is 0 Å². The molecule has 0 saturated carbocycles. The molecule has 6 rings (SSSR count). The molecule has 3 saturated heterocycles. The van der Waals surface area contributed by atoms with Crippen LogP contribution in [0, 0.1) is 11.8 Å². The minimum Gasteiger partial charge on any atom is -0.455 e. The number of esters is 1. The fraction of sp³-hybridized carbons (Fsp3) is 0.395. The monoisotopic (exact) mass is 797 g/mol. The molecule has 9 atom stereocenters. The van der Waals surface area contributed by atoms with Crippen LogP contribution in [0.4, 0.5) is 0 Å². The minimum atomic E-state index is -1.39. The molecule has 3 amide bonds. The van der Waals surface area contributed by atoms with Gasteiger partial charge in [-0.1, -0.05) is 119 Å². The summed E-state index contributed by atoms with van der Waals surface area (Å²) in [4.78, 5) is 60.2. The lowest BCUT2D eigenvalue weighted by Crippen LogP contribution is -2.59. The summed E-state index contributed by atoms with van der Waals surface area (Å²) >= 11 is 3.76. The van der Waals surface area contributed by atoms with Gasteiger partial charge in [0.2, 0.25) is 17.7 Å². The van der Waals surface area contributed by atoms with Crippen LogP contribution in [0.2, 0.25) is 0 Å². The molecule has 3 aliphatic rings. The number of amides is 3. The van der Waals surface area contributed by atoms with E-state index in [0.29, 0.717) is 18.4 Å². The number of fused-ring (bicyclic) bond motifs is 1. The Labute approximate surface area is 325 Å². The van der Waals surface area contributed by atoms with Gasteiger partial charge in [-0.2, -0.15) is 0 Å². The normalized spacial score (nSPS) is 25.6. The van der Waals surface area contributed by atoms with Gasteiger partial charge >= 0.3 is 5.97 Å². The Morgan fingerprint density at radius 1 is 1.02 bits per heavy atom. The fourth-order valence-corrected chi connectivity index (χ4v) is 9.39. The summed E-state index contributed by atoms with van der Waals surface area (Å²) in [6.07, 6.45) is 2.98. The summed E-state index contributed by atoms with van der Waals surface area (Å²) in [5, 5.41) is 13.9. The number of carbonyl (C=O) groups is 4. The molecule has 0 aliphatic carbocycles. The highest BCUT2D eigenvalue weighted by molar-refractivity contribution is 9.09. The Kier molecular flexibility index (Phi) is 12.5. The maximum atomic E-state index is 15.1. The molecular weight excluding hydrogens is 750 g/mol. The number of nitrogens with zero attached hydrogens (tertiary/aromatic N) is 2. The van der Waals surface area contributed by atoms with E-state index in [1.165, 1.54) is 4.90 Å². The highest BCUT2D eigenvalue weighted by Crippen LogP contribution is 2.61. The molecule has 0 aromatic heterocycles. The molecular formula is C43H48BrN3O7. The van der Waals surface area contributed by atoms with Crippen LogP contribution >= 0.6 is 15.9 Å². The predicted octanol–water partition coefficient (Wildman–Crippen LogP) is 5.31.